The van der Waals surface area contributed by atoms with E-state index < -0.39 is 0 Å². The summed E-state index contributed by atoms with van der Waals surface area (Å²) in [5.41, 5.74) is 2.83. The smallest absolute Gasteiger partial charge is 0.0640 e. The number of hydrazine groups is 1. The summed E-state index contributed by atoms with van der Waals surface area (Å²) >= 11 is 0. The first-order valence-corrected chi connectivity index (χ1v) is 6.61. The molecule has 0 spiro atoms. The quantitative estimate of drug-likeness (QED) is 0.561. The molecule has 3 N–H and O–H groups in total. The molecule has 1 aliphatic rings. The Labute approximate surface area is 100 Å². The topological polar surface area (TPSA) is 47.3 Å². The molecule has 1 aliphatic carbocycles. The van der Waals surface area contributed by atoms with Gasteiger partial charge in [0.05, 0.1) is 12.2 Å². The lowest BCUT2D eigenvalue weighted by molar-refractivity contribution is -0.0179. The molecule has 96 valence electrons. The van der Waals surface area contributed by atoms with Crippen LogP contribution in [0.4, 0.5) is 0 Å². The van der Waals surface area contributed by atoms with E-state index in [0.29, 0.717) is 6.04 Å². The number of hydrogen-bond donors (Lipinski definition) is 2. The highest BCUT2D eigenvalue weighted by atomic mass is 16.5. The largest absolute Gasteiger partial charge is 0.374 e. The molecule has 3 nitrogen and oxygen atoms in total. The summed E-state index contributed by atoms with van der Waals surface area (Å²) in [6.07, 6.45) is 8.09. The van der Waals surface area contributed by atoms with Crippen molar-refractivity contribution in [3.8, 4) is 0 Å². The van der Waals surface area contributed by atoms with Crippen LogP contribution in [0.2, 0.25) is 0 Å². The fourth-order valence-corrected chi connectivity index (χ4v) is 2.36. The highest BCUT2D eigenvalue weighted by Gasteiger charge is 2.20. The first kappa shape index (κ1) is 13.9. The Morgan fingerprint density at radius 2 is 1.88 bits per heavy atom. The van der Waals surface area contributed by atoms with Crippen molar-refractivity contribution in [2.75, 3.05) is 6.61 Å². The van der Waals surface area contributed by atoms with E-state index in [9.17, 15) is 0 Å². The molecule has 0 amide bonds. The first-order chi connectivity index (χ1) is 7.51. The summed E-state index contributed by atoms with van der Waals surface area (Å²) in [6, 6.07) is 0.308. The van der Waals surface area contributed by atoms with Gasteiger partial charge in [0, 0.05) is 6.04 Å². The van der Waals surface area contributed by atoms with E-state index in [-0.39, 0.29) is 5.60 Å². The van der Waals surface area contributed by atoms with Crippen LogP contribution in [0.3, 0.4) is 0 Å². The monoisotopic (exact) mass is 228 g/mol. The van der Waals surface area contributed by atoms with E-state index in [0.717, 1.165) is 18.9 Å². The lowest BCUT2D eigenvalue weighted by Gasteiger charge is -2.28. The third kappa shape index (κ3) is 5.83. The molecule has 0 heterocycles. The molecule has 1 unspecified atom stereocenters. The molecule has 0 radical (unpaired) electrons. The van der Waals surface area contributed by atoms with Gasteiger partial charge in [0.15, 0.2) is 0 Å². The number of nitrogens with one attached hydrogen (secondary N) is 1. The molecule has 0 aromatic heterocycles. The molecule has 1 fully saturated rings. The Hall–Kier alpha value is -0.120. The summed E-state index contributed by atoms with van der Waals surface area (Å²) in [6.45, 7) is 6.97. The standard InChI is InChI=1S/C13H28N2O/c1-13(2,3)16-10-12(15-14)9-11-7-5-4-6-8-11/h11-12,15H,4-10,14H2,1-3H3. The Kier molecular flexibility index (Phi) is 5.73. The third-order valence-electron chi connectivity index (χ3n) is 3.30. The van der Waals surface area contributed by atoms with Crippen LogP contribution >= 0.6 is 0 Å². The highest BCUT2D eigenvalue weighted by Crippen LogP contribution is 2.27. The predicted octanol–water partition coefficient (Wildman–Crippen LogP) is 2.60. The average molecular weight is 228 g/mol. The molecule has 0 aliphatic heterocycles. The lowest BCUT2D eigenvalue weighted by atomic mass is 9.85. The molecule has 16 heavy (non-hydrogen) atoms. The zero-order valence-electron chi connectivity index (χ0n) is 11.1. The van der Waals surface area contributed by atoms with E-state index in [1.165, 1.54) is 32.1 Å². The minimum absolute atomic E-state index is 0.0678. The van der Waals surface area contributed by atoms with Crippen molar-refractivity contribution < 1.29 is 4.74 Å². The second-order valence-electron chi connectivity index (χ2n) is 6.03. The molecule has 0 bridgehead atoms. The number of rotatable bonds is 5. The molecule has 1 saturated carbocycles. The Morgan fingerprint density at radius 3 is 2.38 bits per heavy atom. The summed E-state index contributed by atoms with van der Waals surface area (Å²) in [5.74, 6) is 6.44. The van der Waals surface area contributed by atoms with Crippen LogP contribution in [0.25, 0.3) is 0 Å². The van der Waals surface area contributed by atoms with Gasteiger partial charge in [0.25, 0.3) is 0 Å². The molecule has 3 heteroatoms. The maximum absolute atomic E-state index is 5.78. The molecule has 1 rings (SSSR count). The number of ether oxygens (including phenoxy) is 1. The van der Waals surface area contributed by atoms with Crippen LogP contribution in [-0.4, -0.2) is 18.2 Å². The third-order valence-corrected chi connectivity index (χ3v) is 3.30. The molecule has 1 atom stereocenters. The number of nitrogens with two attached hydrogens (primary N) is 1. The van der Waals surface area contributed by atoms with Gasteiger partial charge in [-0.3, -0.25) is 11.3 Å². The summed E-state index contributed by atoms with van der Waals surface area (Å²) in [7, 11) is 0. The van der Waals surface area contributed by atoms with Gasteiger partial charge in [-0.2, -0.15) is 0 Å². The van der Waals surface area contributed by atoms with Crippen molar-refractivity contribution in [1.82, 2.24) is 5.43 Å². The average Bonchev–Trinajstić information content (AvgIpc) is 2.24. The van der Waals surface area contributed by atoms with Crippen LogP contribution in [0.1, 0.15) is 59.3 Å². The van der Waals surface area contributed by atoms with Crippen LogP contribution in [0, 0.1) is 5.92 Å². The van der Waals surface area contributed by atoms with Crippen LogP contribution < -0.4 is 11.3 Å². The van der Waals surface area contributed by atoms with Crippen molar-refractivity contribution in [3.05, 3.63) is 0 Å². The van der Waals surface area contributed by atoms with Gasteiger partial charge in [-0.1, -0.05) is 32.1 Å². The van der Waals surface area contributed by atoms with Crippen molar-refractivity contribution in [2.45, 2.75) is 70.9 Å². The Balaban J connectivity index is 2.25. The Morgan fingerprint density at radius 1 is 1.25 bits per heavy atom. The summed E-state index contributed by atoms with van der Waals surface area (Å²) in [5, 5.41) is 0. The van der Waals surface area contributed by atoms with Gasteiger partial charge in [-0.15, -0.1) is 0 Å². The van der Waals surface area contributed by atoms with Crippen molar-refractivity contribution >= 4 is 0 Å². The van der Waals surface area contributed by atoms with Crippen molar-refractivity contribution in [3.63, 3.8) is 0 Å². The SMILES string of the molecule is CC(C)(C)OCC(CC1CCCCC1)NN. The van der Waals surface area contributed by atoms with E-state index in [4.69, 9.17) is 10.6 Å². The molecular formula is C13H28N2O. The fourth-order valence-electron chi connectivity index (χ4n) is 2.36. The molecular weight excluding hydrogens is 200 g/mol. The van der Waals surface area contributed by atoms with E-state index in [2.05, 4.69) is 26.2 Å². The second-order valence-corrected chi connectivity index (χ2v) is 6.03. The van der Waals surface area contributed by atoms with Gasteiger partial charge < -0.3 is 4.74 Å². The Bertz CT molecular complexity index is 183. The zero-order chi connectivity index (χ0) is 12.0. The maximum Gasteiger partial charge on any atom is 0.0640 e. The predicted molar refractivity (Wildman–Crippen MR) is 68.0 cm³/mol. The molecule has 0 aromatic rings. The minimum atomic E-state index is -0.0678. The van der Waals surface area contributed by atoms with Gasteiger partial charge >= 0.3 is 0 Å². The lowest BCUT2D eigenvalue weighted by Crippen LogP contribution is -2.42. The van der Waals surface area contributed by atoms with Crippen LogP contribution in [-0.2, 0) is 4.74 Å². The van der Waals surface area contributed by atoms with Gasteiger partial charge in [-0.25, -0.2) is 0 Å². The second kappa shape index (κ2) is 6.58. The van der Waals surface area contributed by atoms with Crippen molar-refractivity contribution in [1.29, 1.82) is 0 Å². The van der Waals surface area contributed by atoms with E-state index >= 15 is 0 Å². The van der Waals surface area contributed by atoms with Crippen LogP contribution in [0.5, 0.6) is 0 Å². The summed E-state index contributed by atoms with van der Waals surface area (Å²) in [4.78, 5) is 0. The van der Waals surface area contributed by atoms with Crippen molar-refractivity contribution in [2.24, 2.45) is 11.8 Å². The fraction of sp³-hybridized carbons (Fsp3) is 1.00. The van der Waals surface area contributed by atoms with Crippen LogP contribution in [0.15, 0.2) is 0 Å². The summed E-state index contributed by atoms with van der Waals surface area (Å²) < 4.78 is 5.78. The minimum Gasteiger partial charge on any atom is -0.374 e. The van der Waals surface area contributed by atoms with Gasteiger partial charge in [0.1, 0.15) is 0 Å². The van der Waals surface area contributed by atoms with Gasteiger partial charge in [0.2, 0.25) is 0 Å². The van der Waals surface area contributed by atoms with Gasteiger partial charge in [-0.05, 0) is 33.1 Å². The number of hydrogen-bond acceptors (Lipinski definition) is 3. The zero-order valence-corrected chi connectivity index (χ0v) is 11.1. The first-order valence-electron chi connectivity index (χ1n) is 6.61. The molecule has 0 aromatic carbocycles. The highest BCUT2D eigenvalue weighted by molar-refractivity contribution is 4.74. The van der Waals surface area contributed by atoms with E-state index in [1.54, 1.807) is 0 Å². The normalized spacial score (nSPS) is 21.0. The molecule has 0 saturated heterocycles. The maximum atomic E-state index is 5.78. The van der Waals surface area contributed by atoms with E-state index in [1.807, 2.05) is 0 Å².